The van der Waals surface area contributed by atoms with Crippen LogP contribution < -0.4 is 0 Å². The summed E-state index contributed by atoms with van der Waals surface area (Å²) >= 11 is 11.3. The summed E-state index contributed by atoms with van der Waals surface area (Å²) in [7, 11) is 0. The lowest BCUT2D eigenvalue weighted by Crippen LogP contribution is -2.04. The van der Waals surface area contributed by atoms with Crippen molar-refractivity contribution in [2.45, 2.75) is 0 Å². The molecule has 0 amide bonds. The van der Waals surface area contributed by atoms with Gasteiger partial charge >= 0.3 is 5.97 Å². The third-order valence-corrected chi connectivity index (χ3v) is 2.69. The average molecular weight is 287 g/mol. The fourth-order valence-corrected chi connectivity index (χ4v) is 1.64. The maximum absolute atomic E-state index is 13.0. The fourth-order valence-electron chi connectivity index (χ4n) is 1.29. The Labute approximate surface area is 111 Å². The number of aromatic nitrogens is 2. The van der Waals surface area contributed by atoms with Crippen LogP contribution in [0.15, 0.2) is 24.4 Å². The van der Waals surface area contributed by atoms with Crippen LogP contribution in [-0.2, 0) is 0 Å². The smallest absolute Gasteiger partial charge is 0.356 e. The Morgan fingerprint density at radius 1 is 1.28 bits per heavy atom. The molecule has 0 bridgehead atoms. The normalized spacial score (nSPS) is 10.4. The lowest BCUT2D eigenvalue weighted by Gasteiger charge is -2.03. The van der Waals surface area contributed by atoms with E-state index in [9.17, 15) is 9.18 Å². The van der Waals surface area contributed by atoms with Gasteiger partial charge in [0.2, 0.25) is 0 Å². The molecule has 0 aliphatic carbocycles. The molecule has 2 rings (SSSR count). The van der Waals surface area contributed by atoms with Crippen LogP contribution in [-0.4, -0.2) is 21.0 Å². The molecule has 4 nitrogen and oxygen atoms in total. The van der Waals surface area contributed by atoms with Crippen molar-refractivity contribution in [3.05, 3.63) is 46.0 Å². The van der Waals surface area contributed by atoms with Crippen LogP contribution >= 0.6 is 23.2 Å². The minimum absolute atomic E-state index is 0.0699. The molecule has 0 radical (unpaired) electrons. The Morgan fingerprint density at radius 2 is 2.00 bits per heavy atom. The standard InChI is InChI=1S/C11H5Cl2FN2O2/c12-6-3-5(1-2-8(6)14)10-15-4-7(13)9(16-10)11(17)18/h1-4H,(H,17,18). The minimum atomic E-state index is -1.27. The summed E-state index contributed by atoms with van der Waals surface area (Å²) in [5.41, 5.74) is 0.0858. The molecule has 1 heterocycles. The second-order valence-corrected chi connectivity index (χ2v) is 4.14. The van der Waals surface area contributed by atoms with Gasteiger partial charge in [-0.25, -0.2) is 19.2 Å². The molecule has 0 atom stereocenters. The fraction of sp³-hybridized carbons (Fsp3) is 0. The lowest BCUT2D eigenvalue weighted by atomic mass is 10.2. The number of halogens is 3. The van der Waals surface area contributed by atoms with Crippen molar-refractivity contribution in [2.24, 2.45) is 0 Å². The number of benzene rings is 1. The van der Waals surface area contributed by atoms with Gasteiger partial charge < -0.3 is 5.11 Å². The molecule has 1 N–H and O–H groups in total. The number of aromatic carboxylic acids is 1. The summed E-state index contributed by atoms with van der Waals surface area (Å²) in [5.74, 6) is -1.73. The van der Waals surface area contributed by atoms with E-state index in [0.29, 0.717) is 5.56 Å². The van der Waals surface area contributed by atoms with Crippen LogP contribution in [0.3, 0.4) is 0 Å². The molecule has 1 aromatic heterocycles. The van der Waals surface area contributed by atoms with Crippen LogP contribution in [0.2, 0.25) is 10.0 Å². The van der Waals surface area contributed by atoms with Gasteiger partial charge in [-0.1, -0.05) is 23.2 Å². The number of carbonyl (C=O) groups is 1. The van der Waals surface area contributed by atoms with Crippen LogP contribution in [0.1, 0.15) is 10.5 Å². The van der Waals surface area contributed by atoms with E-state index in [-0.39, 0.29) is 21.6 Å². The molecule has 0 unspecified atom stereocenters. The van der Waals surface area contributed by atoms with Gasteiger partial charge in [0.1, 0.15) is 5.82 Å². The van der Waals surface area contributed by atoms with E-state index in [1.54, 1.807) is 0 Å². The molecule has 0 aliphatic heterocycles. The van der Waals surface area contributed by atoms with Crippen LogP contribution in [0.5, 0.6) is 0 Å². The minimum Gasteiger partial charge on any atom is -0.476 e. The van der Waals surface area contributed by atoms with Gasteiger partial charge in [-0.05, 0) is 18.2 Å². The number of nitrogens with zero attached hydrogens (tertiary/aromatic N) is 2. The van der Waals surface area contributed by atoms with E-state index in [1.807, 2.05) is 0 Å². The summed E-state index contributed by atoms with van der Waals surface area (Å²) in [6.07, 6.45) is 1.17. The Bertz CT molecular complexity index is 634. The monoisotopic (exact) mass is 286 g/mol. The predicted octanol–water partition coefficient (Wildman–Crippen LogP) is 3.29. The largest absolute Gasteiger partial charge is 0.476 e. The highest BCUT2D eigenvalue weighted by Gasteiger charge is 2.14. The average Bonchev–Trinajstić information content (AvgIpc) is 2.33. The van der Waals surface area contributed by atoms with Gasteiger partial charge in [-0.3, -0.25) is 0 Å². The molecule has 92 valence electrons. The summed E-state index contributed by atoms with van der Waals surface area (Å²) in [5, 5.41) is 8.71. The van der Waals surface area contributed by atoms with Crippen molar-refractivity contribution < 1.29 is 14.3 Å². The molecule has 18 heavy (non-hydrogen) atoms. The van der Waals surface area contributed by atoms with Crippen molar-refractivity contribution in [2.75, 3.05) is 0 Å². The Morgan fingerprint density at radius 3 is 2.61 bits per heavy atom. The zero-order valence-corrected chi connectivity index (χ0v) is 10.2. The first kappa shape index (κ1) is 12.7. The Kier molecular flexibility index (Phi) is 3.45. The van der Waals surface area contributed by atoms with E-state index < -0.39 is 11.8 Å². The van der Waals surface area contributed by atoms with Crippen molar-refractivity contribution >= 4 is 29.2 Å². The first-order chi connectivity index (χ1) is 8.49. The highest BCUT2D eigenvalue weighted by atomic mass is 35.5. The first-order valence-corrected chi connectivity index (χ1v) is 5.46. The molecule has 2 aromatic rings. The SMILES string of the molecule is O=C(O)c1nc(-c2ccc(F)c(Cl)c2)ncc1Cl. The molecule has 0 aliphatic rings. The zero-order chi connectivity index (χ0) is 13.3. The molecule has 0 saturated heterocycles. The van der Waals surface area contributed by atoms with Crippen molar-refractivity contribution in [3.8, 4) is 11.4 Å². The van der Waals surface area contributed by atoms with E-state index in [0.717, 1.165) is 6.07 Å². The van der Waals surface area contributed by atoms with Gasteiger partial charge in [0, 0.05) is 5.56 Å². The number of hydrogen-bond donors (Lipinski definition) is 1. The van der Waals surface area contributed by atoms with Gasteiger partial charge in [0.05, 0.1) is 16.2 Å². The maximum Gasteiger partial charge on any atom is 0.356 e. The lowest BCUT2D eigenvalue weighted by molar-refractivity contribution is 0.0690. The van der Waals surface area contributed by atoms with Gasteiger partial charge in [-0.2, -0.15) is 0 Å². The molecule has 1 aromatic carbocycles. The van der Waals surface area contributed by atoms with Gasteiger partial charge in [0.15, 0.2) is 11.5 Å². The highest BCUT2D eigenvalue weighted by molar-refractivity contribution is 6.33. The molecule has 0 fully saturated rings. The van der Waals surface area contributed by atoms with Gasteiger partial charge in [0.25, 0.3) is 0 Å². The van der Waals surface area contributed by atoms with Crippen LogP contribution in [0.25, 0.3) is 11.4 Å². The van der Waals surface area contributed by atoms with E-state index >= 15 is 0 Å². The molecule has 0 spiro atoms. The third-order valence-electron chi connectivity index (χ3n) is 2.12. The number of hydrogen-bond acceptors (Lipinski definition) is 3. The topological polar surface area (TPSA) is 63.1 Å². The Balaban J connectivity index is 2.54. The number of carboxylic acids is 1. The molecule has 7 heteroatoms. The van der Waals surface area contributed by atoms with Gasteiger partial charge in [-0.15, -0.1) is 0 Å². The van der Waals surface area contributed by atoms with Crippen molar-refractivity contribution in [1.82, 2.24) is 9.97 Å². The number of rotatable bonds is 2. The van der Waals surface area contributed by atoms with E-state index in [2.05, 4.69) is 9.97 Å². The summed E-state index contributed by atoms with van der Waals surface area (Å²) in [6, 6.07) is 3.86. The second-order valence-electron chi connectivity index (χ2n) is 3.32. The molecular formula is C11H5Cl2FN2O2. The quantitative estimate of drug-likeness (QED) is 0.920. The highest BCUT2D eigenvalue weighted by Crippen LogP contribution is 2.23. The third kappa shape index (κ3) is 2.42. The van der Waals surface area contributed by atoms with E-state index in [4.69, 9.17) is 28.3 Å². The Hall–Kier alpha value is -1.72. The molecular weight excluding hydrogens is 282 g/mol. The molecule has 0 saturated carbocycles. The number of carboxylic acid groups (broad SMARTS) is 1. The van der Waals surface area contributed by atoms with Crippen LogP contribution in [0.4, 0.5) is 4.39 Å². The van der Waals surface area contributed by atoms with E-state index in [1.165, 1.54) is 18.3 Å². The summed E-state index contributed by atoms with van der Waals surface area (Å²) in [4.78, 5) is 18.5. The second kappa shape index (κ2) is 4.88. The summed E-state index contributed by atoms with van der Waals surface area (Å²) in [6.45, 7) is 0. The predicted molar refractivity (Wildman–Crippen MR) is 64.4 cm³/mol. The first-order valence-electron chi connectivity index (χ1n) is 4.70. The van der Waals surface area contributed by atoms with Crippen LogP contribution in [0, 0.1) is 5.82 Å². The van der Waals surface area contributed by atoms with Crippen molar-refractivity contribution in [1.29, 1.82) is 0 Å². The zero-order valence-electron chi connectivity index (χ0n) is 8.69. The summed E-state index contributed by atoms with van der Waals surface area (Å²) < 4.78 is 13.0. The maximum atomic E-state index is 13.0. The van der Waals surface area contributed by atoms with Crippen molar-refractivity contribution in [3.63, 3.8) is 0 Å².